The molecule has 1 aromatic heterocycles. The van der Waals surface area contributed by atoms with E-state index in [2.05, 4.69) is 21.9 Å². The Morgan fingerprint density at radius 1 is 1.02 bits per heavy atom. The van der Waals surface area contributed by atoms with E-state index in [0.29, 0.717) is 60.7 Å². The number of carbonyl (C=O) groups excluding carboxylic acids is 4. The minimum absolute atomic E-state index is 0.0465. The number of aromatic nitrogens is 1. The Morgan fingerprint density at radius 2 is 1.78 bits per heavy atom. The highest BCUT2D eigenvalue weighted by molar-refractivity contribution is 7.91. The van der Waals surface area contributed by atoms with Gasteiger partial charge in [0.15, 0.2) is 6.61 Å². The summed E-state index contributed by atoms with van der Waals surface area (Å²) < 4.78 is 46.5. The SMILES string of the molecule is C=C[C@@H]1C[C@]1(NC(=O)[C@@H]1C[C@@H]2CN1C(=O)[C@H](C1CCCC1)NC(=O)O[C@@H]1CCC[C@H]1CC/C=C\Cc1c(nc3ccccc3c1OCC(=O)O)O2)C(=O)NS(=O)(=O)C1CC1. The number of ether oxygens (including phenoxy) is 3. The predicted octanol–water partition coefficient (Wildman–Crippen LogP) is 4.06. The minimum atomic E-state index is -3.94. The first-order valence-electron chi connectivity index (χ1n) is 21.2. The van der Waals surface area contributed by atoms with Crippen molar-refractivity contribution in [1.82, 2.24) is 25.2 Å². The molecule has 2 bridgehead atoms. The lowest BCUT2D eigenvalue weighted by Crippen LogP contribution is -2.59. The summed E-state index contributed by atoms with van der Waals surface area (Å²) in [5.41, 5.74) is -0.616. The van der Waals surface area contributed by atoms with E-state index in [-0.39, 0.29) is 49.6 Å². The smallest absolute Gasteiger partial charge is 0.408 e. The van der Waals surface area contributed by atoms with Crippen LogP contribution in [0, 0.1) is 17.8 Å². The van der Waals surface area contributed by atoms with Crippen LogP contribution in [-0.2, 0) is 40.4 Å². The molecule has 3 heterocycles. The molecular formula is C43H53N5O11S. The first-order chi connectivity index (χ1) is 28.9. The van der Waals surface area contributed by atoms with E-state index in [1.807, 2.05) is 12.2 Å². The molecule has 0 spiro atoms. The fourth-order valence-electron chi connectivity index (χ4n) is 9.59. The quantitative estimate of drug-likeness (QED) is 0.249. The predicted molar refractivity (Wildman–Crippen MR) is 217 cm³/mol. The Labute approximate surface area is 348 Å². The highest BCUT2D eigenvalue weighted by Gasteiger charge is 2.62. The van der Waals surface area contributed by atoms with Crippen molar-refractivity contribution in [3.8, 4) is 11.6 Å². The summed E-state index contributed by atoms with van der Waals surface area (Å²) in [6.45, 7) is 3.09. The van der Waals surface area contributed by atoms with Gasteiger partial charge >= 0.3 is 12.1 Å². The first kappa shape index (κ1) is 41.5. The number of sulfonamides is 1. The van der Waals surface area contributed by atoms with Crippen LogP contribution in [0.1, 0.15) is 89.0 Å². The first-order valence-corrected chi connectivity index (χ1v) is 22.8. The second-order valence-electron chi connectivity index (χ2n) is 17.1. The van der Waals surface area contributed by atoms with Crippen molar-refractivity contribution in [2.24, 2.45) is 17.8 Å². The Bertz CT molecular complexity index is 2190. The molecule has 2 aliphatic heterocycles. The van der Waals surface area contributed by atoms with Crippen molar-refractivity contribution in [3.63, 3.8) is 0 Å². The van der Waals surface area contributed by atoms with Crippen LogP contribution in [0.4, 0.5) is 4.79 Å². The molecule has 4 N–H and O–H groups in total. The fraction of sp³-hybridized carbons (Fsp3) is 0.581. The third-order valence-corrected chi connectivity index (χ3v) is 14.9. The largest absolute Gasteiger partial charge is 0.481 e. The molecule has 1 aromatic carbocycles. The lowest BCUT2D eigenvalue weighted by Gasteiger charge is -2.32. The second-order valence-corrected chi connectivity index (χ2v) is 19.1. The number of amides is 4. The maximum absolute atomic E-state index is 14.9. The number of carboxylic acids is 1. The maximum atomic E-state index is 14.9. The minimum Gasteiger partial charge on any atom is -0.481 e. The average Bonchev–Trinajstić information content (AvgIpc) is 4.01. The Morgan fingerprint density at radius 3 is 2.52 bits per heavy atom. The van der Waals surface area contributed by atoms with E-state index in [4.69, 9.17) is 19.2 Å². The van der Waals surface area contributed by atoms with E-state index in [1.165, 1.54) is 11.0 Å². The van der Waals surface area contributed by atoms with Gasteiger partial charge in [-0.15, -0.1) is 6.58 Å². The Balaban J connectivity index is 1.16. The summed E-state index contributed by atoms with van der Waals surface area (Å²) in [5.74, 6) is -3.42. The monoisotopic (exact) mass is 847 g/mol. The normalized spacial score (nSPS) is 30.4. The summed E-state index contributed by atoms with van der Waals surface area (Å²) in [6, 6.07) is 4.92. The van der Waals surface area contributed by atoms with E-state index < -0.39 is 81.3 Å². The van der Waals surface area contributed by atoms with Crippen LogP contribution in [0.2, 0.25) is 0 Å². The maximum Gasteiger partial charge on any atom is 0.408 e. The molecule has 17 heteroatoms. The van der Waals surface area contributed by atoms with Crippen molar-refractivity contribution in [2.75, 3.05) is 13.2 Å². The molecule has 8 rings (SSSR count). The molecule has 4 saturated carbocycles. The molecule has 1 saturated heterocycles. The molecule has 4 amide bonds. The van der Waals surface area contributed by atoms with Crippen molar-refractivity contribution < 1.29 is 51.7 Å². The number of rotatable bonds is 10. The molecule has 0 radical (unpaired) electrons. The molecule has 2 aromatic rings. The van der Waals surface area contributed by atoms with Crippen molar-refractivity contribution in [1.29, 1.82) is 0 Å². The van der Waals surface area contributed by atoms with Crippen LogP contribution in [0.5, 0.6) is 11.6 Å². The van der Waals surface area contributed by atoms with Crippen LogP contribution in [0.25, 0.3) is 10.9 Å². The van der Waals surface area contributed by atoms with Gasteiger partial charge in [-0.3, -0.25) is 19.1 Å². The fourth-order valence-corrected chi connectivity index (χ4v) is 11.0. The highest BCUT2D eigenvalue weighted by atomic mass is 32.2. The van der Waals surface area contributed by atoms with Gasteiger partial charge in [-0.05, 0) is 94.6 Å². The number of alkyl carbamates (subject to hydrolysis) is 1. The zero-order valence-corrected chi connectivity index (χ0v) is 34.3. The van der Waals surface area contributed by atoms with Gasteiger partial charge in [-0.1, -0.05) is 43.2 Å². The van der Waals surface area contributed by atoms with Gasteiger partial charge in [-0.25, -0.2) is 23.0 Å². The Hall–Kier alpha value is -5.19. The number of nitrogens with zero attached hydrogens (tertiary/aromatic N) is 2. The van der Waals surface area contributed by atoms with Gasteiger partial charge < -0.3 is 34.9 Å². The van der Waals surface area contributed by atoms with Crippen LogP contribution in [0.15, 0.2) is 49.1 Å². The van der Waals surface area contributed by atoms with Gasteiger partial charge in [0.05, 0.1) is 22.9 Å². The lowest BCUT2D eigenvalue weighted by molar-refractivity contribution is -0.142. The lowest BCUT2D eigenvalue weighted by atomic mass is 9.96. The number of fused-ring (bicyclic) bond motifs is 5. The number of aliphatic carboxylic acids is 1. The van der Waals surface area contributed by atoms with E-state index >= 15 is 0 Å². The highest BCUT2D eigenvalue weighted by Crippen LogP contribution is 2.46. The van der Waals surface area contributed by atoms with Gasteiger partial charge in [0.25, 0.3) is 5.91 Å². The molecule has 4 aliphatic carbocycles. The summed E-state index contributed by atoms with van der Waals surface area (Å²) in [5, 5.41) is 15.3. The molecule has 60 heavy (non-hydrogen) atoms. The van der Waals surface area contributed by atoms with Crippen molar-refractivity contribution in [2.45, 2.75) is 125 Å². The van der Waals surface area contributed by atoms with Crippen molar-refractivity contribution >= 4 is 50.7 Å². The number of pyridine rings is 1. The van der Waals surface area contributed by atoms with Crippen LogP contribution in [-0.4, -0.2) is 101 Å². The molecular weight excluding hydrogens is 795 g/mol. The zero-order chi connectivity index (χ0) is 42.2. The van der Waals surface area contributed by atoms with E-state index in [0.717, 1.165) is 32.1 Å². The van der Waals surface area contributed by atoms with Gasteiger partial charge in [0.1, 0.15) is 35.6 Å². The standard InChI is InChI=1S/C43H53N5O11S/c1-2-27-22-43(27,41(53)47-60(55,56)29-19-20-29)46-38(51)33-21-28-23-48(33)40(52)36(26-12-6-7-13-26)45-42(54)59-34-18-10-14-25(34)11-4-3-5-16-31-37(57-24-35(49)50)30-15-8-9-17-32(30)44-39(31)58-28/h2-3,5,8-9,15,17,25-29,33-34,36H,1,4,6-7,10-14,16,18-24H2,(H,45,54)(H,46,51)(H,47,53)(H,49,50)/b5-3-/t25-,27-,28-,33+,34-,36+,43-/m1/s1. The summed E-state index contributed by atoms with van der Waals surface area (Å²) >= 11 is 0. The van der Waals surface area contributed by atoms with E-state index in [9.17, 15) is 37.5 Å². The number of allylic oxidation sites excluding steroid dienone is 2. The third kappa shape index (κ3) is 8.68. The van der Waals surface area contributed by atoms with Gasteiger partial charge in [-0.2, -0.15) is 0 Å². The molecule has 0 unspecified atom stereocenters. The third-order valence-electron chi connectivity index (χ3n) is 13.1. The Kier molecular flexibility index (Phi) is 11.8. The molecule has 6 aliphatic rings. The number of hydrogen-bond acceptors (Lipinski definition) is 11. The van der Waals surface area contributed by atoms with Crippen LogP contribution < -0.4 is 24.8 Å². The molecule has 322 valence electrons. The molecule has 5 fully saturated rings. The second kappa shape index (κ2) is 17.1. The van der Waals surface area contributed by atoms with Crippen LogP contribution in [0.3, 0.4) is 0 Å². The number of para-hydroxylation sites is 1. The van der Waals surface area contributed by atoms with Crippen LogP contribution >= 0.6 is 0 Å². The topological polar surface area (TPSA) is 220 Å². The van der Waals surface area contributed by atoms with E-state index in [1.54, 1.807) is 24.3 Å². The number of carbonyl (C=O) groups is 5. The zero-order valence-electron chi connectivity index (χ0n) is 33.5. The summed E-state index contributed by atoms with van der Waals surface area (Å²) in [6.07, 6.45) is 11.9. The molecule has 16 nitrogen and oxygen atoms in total. The van der Waals surface area contributed by atoms with Gasteiger partial charge in [0.2, 0.25) is 27.7 Å². The summed E-state index contributed by atoms with van der Waals surface area (Å²) in [4.78, 5) is 74.8. The number of carboxylic acid groups (broad SMARTS) is 1. The van der Waals surface area contributed by atoms with Gasteiger partial charge in [0, 0.05) is 17.7 Å². The molecule has 7 atom stereocenters. The average molecular weight is 848 g/mol. The summed E-state index contributed by atoms with van der Waals surface area (Å²) in [7, 11) is -3.94. The number of benzene rings is 1. The van der Waals surface area contributed by atoms with Crippen molar-refractivity contribution in [3.05, 3.63) is 54.6 Å². The number of hydrogen-bond donors (Lipinski definition) is 4. The number of nitrogens with one attached hydrogen (secondary N) is 3.